The van der Waals surface area contributed by atoms with Crippen LogP contribution in [-0.4, -0.2) is 15.0 Å². The van der Waals surface area contributed by atoms with Crippen molar-refractivity contribution in [3.8, 4) is 0 Å². The Hall–Kier alpha value is -1.60. The lowest BCUT2D eigenvalue weighted by molar-refractivity contribution is 1.03. The van der Waals surface area contributed by atoms with E-state index >= 15 is 0 Å². The quantitative estimate of drug-likeness (QED) is 0.764. The van der Waals surface area contributed by atoms with Gasteiger partial charge >= 0.3 is 4.87 Å². The minimum atomic E-state index is -0.0925. The van der Waals surface area contributed by atoms with E-state index in [1.807, 2.05) is 0 Å². The molecule has 0 unspecified atom stereocenters. The summed E-state index contributed by atoms with van der Waals surface area (Å²) < 4.78 is 0. The fourth-order valence-electron chi connectivity index (χ4n) is 1.08. The molecule has 84 valence electrons. The number of nitrogen functional groups attached to an aromatic ring is 1. The fourth-order valence-corrected chi connectivity index (χ4v) is 1.82. The van der Waals surface area contributed by atoms with E-state index in [1.165, 1.54) is 6.20 Å². The number of nitrogens with zero attached hydrogens (tertiary/aromatic N) is 2. The number of nitrogens with two attached hydrogens (primary N) is 1. The van der Waals surface area contributed by atoms with Crippen molar-refractivity contribution in [2.45, 2.75) is 6.54 Å². The van der Waals surface area contributed by atoms with Crippen molar-refractivity contribution in [1.29, 1.82) is 0 Å². The molecular formula is C8H8ClN5OS. The first-order valence-corrected chi connectivity index (χ1v) is 5.59. The lowest BCUT2D eigenvalue weighted by Gasteiger charge is -2.05. The maximum atomic E-state index is 10.9. The van der Waals surface area contributed by atoms with Crippen molar-refractivity contribution in [2.75, 3.05) is 11.1 Å². The number of aromatic nitrogens is 3. The Morgan fingerprint density at radius 1 is 1.62 bits per heavy atom. The Morgan fingerprint density at radius 2 is 2.44 bits per heavy atom. The minimum absolute atomic E-state index is 0.0925. The minimum Gasteiger partial charge on any atom is -0.368 e. The van der Waals surface area contributed by atoms with Crippen molar-refractivity contribution >= 4 is 34.7 Å². The molecule has 0 atom stereocenters. The van der Waals surface area contributed by atoms with Gasteiger partial charge in [-0.15, -0.1) is 0 Å². The van der Waals surface area contributed by atoms with Crippen molar-refractivity contribution < 1.29 is 0 Å². The number of H-pyrrole nitrogens is 1. The van der Waals surface area contributed by atoms with Crippen LogP contribution >= 0.6 is 22.9 Å². The molecule has 0 amide bonds. The summed E-state index contributed by atoms with van der Waals surface area (Å²) in [6.45, 7) is 0.426. The highest BCUT2D eigenvalue weighted by atomic mass is 35.5. The Balaban J connectivity index is 2.10. The van der Waals surface area contributed by atoms with Crippen LogP contribution < -0.4 is 15.9 Å². The second-order valence-electron chi connectivity index (χ2n) is 2.95. The Kier molecular flexibility index (Phi) is 3.07. The molecule has 2 aromatic rings. The van der Waals surface area contributed by atoms with Gasteiger partial charge in [-0.25, -0.2) is 4.98 Å². The number of anilines is 2. The zero-order valence-electron chi connectivity index (χ0n) is 8.03. The molecule has 2 aromatic heterocycles. The van der Waals surface area contributed by atoms with Crippen molar-refractivity contribution in [3.63, 3.8) is 0 Å². The average molecular weight is 258 g/mol. The van der Waals surface area contributed by atoms with Crippen LogP contribution in [0.4, 0.5) is 11.8 Å². The van der Waals surface area contributed by atoms with Gasteiger partial charge in [0.2, 0.25) is 5.95 Å². The third kappa shape index (κ3) is 2.50. The van der Waals surface area contributed by atoms with Crippen LogP contribution in [-0.2, 0) is 6.54 Å². The van der Waals surface area contributed by atoms with E-state index in [-0.39, 0.29) is 10.8 Å². The molecule has 0 aromatic carbocycles. The van der Waals surface area contributed by atoms with E-state index in [9.17, 15) is 4.79 Å². The Bertz CT molecular complexity index is 551. The van der Waals surface area contributed by atoms with Gasteiger partial charge in [-0.05, 0) is 0 Å². The van der Waals surface area contributed by atoms with Gasteiger partial charge in [0.05, 0.1) is 12.7 Å². The molecule has 8 heteroatoms. The number of halogens is 1. The fraction of sp³-hybridized carbons (Fsp3) is 0.125. The van der Waals surface area contributed by atoms with Gasteiger partial charge in [0, 0.05) is 11.1 Å². The molecule has 0 saturated carbocycles. The topological polar surface area (TPSA) is 96.7 Å². The standard InChI is InChI=1S/C8H8ClN5OS/c9-5-2-12-7(10)14-6(5)11-1-4-3-16-8(15)13-4/h2-3H,1H2,(H,13,15)(H3,10,11,12,14). The maximum Gasteiger partial charge on any atom is 0.304 e. The predicted octanol–water partition coefficient (Wildman–Crippen LogP) is 1.07. The molecule has 0 saturated heterocycles. The number of thiazole rings is 1. The molecular weight excluding hydrogens is 250 g/mol. The van der Waals surface area contributed by atoms with Crippen LogP contribution in [0.2, 0.25) is 5.02 Å². The lowest BCUT2D eigenvalue weighted by Crippen LogP contribution is -2.06. The first-order chi connectivity index (χ1) is 7.65. The second-order valence-corrected chi connectivity index (χ2v) is 4.20. The molecule has 0 spiro atoms. The van der Waals surface area contributed by atoms with Gasteiger partial charge < -0.3 is 16.0 Å². The molecule has 2 heterocycles. The zero-order chi connectivity index (χ0) is 11.5. The van der Waals surface area contributed by atoms with Crippen molar-refractivity contribution in [2.24, 2.45) is 0 Å². The maximum absolute atomic E-state index is 10.9. The highest BCUT2D eigenvalue weighted by Crippen LogP contribution is 2.18. The molecule has 0 aliphatic rings. The molecule has 0 aliphatic carbocycles. The van der Waals surface area contributed by atoms with E-state index in [1.54, 1.807) is 5.38 Å². The SMILES string of the molecule is Nc1ncc(Cl)c(NCc2csc(=O)[nH]2)n1. The molecule has 0 aliphatic heterocycles. The van der Waals surface area contributed by atoms with Gasteiger partial charge in [0.15, 0.2) is 5.82 Å². The van der Waals surface area contributed by atoms with E-state index in [4.69, 9.17) is 17.3 Å². The normalized spacial score (nSPS) is 10.3. The summed E-state index contributed by atoms with van der Waals surface area (Å²) >= 11 is 6.96. The molecule has 0 fully saturated rings. The number of nitrogens with one attached hydrogen (secondary N) is 2. The number of hydrogen-bond donors (Lipinski definition) is 3. The van der Waals surface area contributed by atoms with Crippen LogP contribution in [0.1, 0.15) is 5.69 Å². The third-order valence-corrected chi connectivity index (χ3v) is 2.77. The van der Waals surface area contributed by atoms with Crippen LogP contribution in [0.15, 0.2) is 16.4 Å². The Labute approximate surface area is 99.5 Å². The molecule has 4 N–H and O–H groups in total. The first kappa shape index (κ1) is 10.9. The summed E-state index contributed by atoms with van der Waals surface area (Å²) in [6.07, 6.45) is 1.42. The van der Waals surface area contributed by atoms with E-state index in [0.717, 1.165) is 17.0 Å². The van der Waals surface area contributed by atoms with Gasteiger partial charge in [-0.1, -0.05) is 22.9 Å². The van der Waals surface area contributed by atoms with Gasteiger partial charge in [0.1, 0.15) is 5.02 Å². The summed E-state index contributed by atoms with van der Waals surface area (Å²) in [5.41, 5.74) is 6.19. The summed E-state index contributed by atoms with van der Waals surface area (Å²) in [5, 5.41) is 5.07. The van der Waals surface area contributed by atoms with Gasteiger partial charge in [-0.2, -0.15) is 4.98 Å². The molecule has 6 nitrogen and oxygen atoms in total. The summed E-state index contributed by atoms with van der Waals surface area (Å²) in [6, 6.07) is 0. The van der Waals surface area contributed by atoms with Gasteiger partial charge in [-0.3, -0.25) is 4.79 Å². The largest absolute Gasteiger partial charge is 0.368 e. The summed E-state index contributed by atoms with van der Waals surface area (Å²) in [7, 11) is 0. The van der Waals surface area contributed by atoms with Crippen LogP contribution in [0.25, 0.3) is 0 Å². The molecule has 0 bridgehead atoms. The van der Waals surface area contributed by atoms with Crippen LogP contribution in [0.5, 0.6) is 0 Å². The molecule has 16 heavy (non-hydrogen) atoms. The first-order valence-electron chi connectivity index (χ1n) is 4.34. The van der Waals surface area contributed by atoms with Crippen LogP contribution in [0.3, 0.4) is 0 Å². The summed E-state index contributed by atoms with van der Waals surface area (Å²) in [5.74, 6) is 0.590. The molecule has 2 rings (SSSR count). The van der Waals surface area contributed by atoms with Crippen molar-refractivity contribution in [3.05, 3.63) is 32.0 Å². The monoisotopic (exact) mass is 257 g/mol. The van der Waals surface area contributed by atoms with Gasteiger partial charge in [0.25, 0.3) is 0 Å². The zero-order valence-corrected chi connectivity index (χ0v) is 9.60. The highest BCUT2D eigenvalue weighted by molar-refractivity contribution is 7.07. The number of rotatable bonds is 3. The Morgan fingerprint density at radius 3 is 3.12 bits per heavy atom. The highest BCUT2D eigenvalue weighted by Gasteiger charge is 2.04. The van der Waals surface area contributed by atoms with E-state index < -0.39 is 0 Å². The van der Waals surface area contributed by atoms with E-state index in [0.29, 0.717) is 17.4 Å². The predicted molar refractivity (Wildman–Crippen MR) is 63.7 cm³/mol. The van der Waals surface area contributed by atoms with E-state index in [2.05, 4.69) is 20.3 Å². The number of aromatic amines is 1. The molecule has 0 radical (unpaired) electrons. The third-order valence-electron chi connectivity index (χ3n) is 1.78. The average Bonchev–Trinajstić information content (AvgIpc) is 2.66. The second kappa shape index (κ2) is 4.50. The summed E-state index contributed by atoms with van der Waals surface area (Å²) in [4.78, 5) is 21.1. The number of hydrogen-bond acceptors (Lipinski definition) is 6. The van der Waals surface area contributed by atoms with Crippen molar-refractivity contribution in [1.82, 2.24) is 15.0 Å². The smallest absolute Gasteiger partial charge is 0.304 e. The lowest BCUT2D eigenvalue weighted by atomic mass is 10.4. The van der Waals surface area contributed by atoms with Crippen LogP contribution in [0, 0.1) is 0 Å².